The van der Waals surface area contributed by atoms with E-state index in [4.69, 9.17) is 21.1 Å². The highest BCUT2D eigenvalue weighted by atomic mass is 35.5. The second-order valence-electron chi connectivity index (χ2n) is 5.03. The van der Waals surface area contributed by atoms with Crippen molar-refractivity contribution in [2.75, 3.05) is 0 Å². The molecule has 0 saturated heterocycles. The van der Waals surface area contributed by atoms with Gasteiger partial charge in [-0.1, -0.05) is 12.1 Å². The highest BCUT2D eigenvalue weighted by Gasteiger charge is 2.19. The van der Waals surface area contributed by atoms with Gasteiger partial charge in [0.25, 0.3) is 5.88 Å². The molecule has 2 aromatic heterocycles. The Morgan fingerprint density at radius 3 is 2.70 bits per heavy atom. The van der Waals surface area contributed by atoms with Gasteiger partial charge >= 0.3 is 0 Å². The van der Waals surface area contributed by atoms with Crippen molar-refractivity contribution in [2.45, 2.75) is 13.8 Å². The summed E-state index contributed by atoms with van der Waals surface area (Å²) >= 11 is 5.79. The highest BCUT2D eigenvalue weighted by molar-refractivity contribution is 6.28. The lowest BCUT2D eigenvalue weighted by Gasteiger charge is -2.09. The third-order valence-electron chi connectivity index (χ3n) is 3.13. The van der Waals surface area contributed by atoms with E-state index in [0.29, 0.717) is 29.0 Å². The molecule has 0 spiro atoms. The van der Waals surface area contributed by atoms with Crippen molar-refractivity contribution in [3.63, 3.8) is 0 Å². The maximum atomic E-state index is 5.96. The molecular weight excluding hydrogens is 316 g/mol. The summed E-state index contributed by atoms with van der Waals surface area (Å²) in [6.07, 6.45) is 1.52. The molecule has 0 aliphatic rings. The van der Waals surface area contributed by atoms with E-state index in [0.717, 1.165) is 5.56 Å². The van der Waals surface area contributed by atoms with Crippen LogP contribution in [-0.4, -0.2) is 19.7 Å². The molecule has 7 heteroatoms. The monoisotopic (exact) mass is 330 g/mol. The molecule has 23 heavy (non-hydrogen) atoms. The standard InChI is InChI=1S/C16H15ClN4O2/c1-10-5-4-6-12(9-10)22-14-11(2)20-21(3)15(14)23-13-7-8-18-16(17)19-13/h4-9H,1-3H3. The summed E-state index contributed by atoms with van der Waals surface area (Å²) in [5, 5.41) is 4.45. The van der Waals surface area contributed by atoms with E-state index in [1.165, 1.54) is 6.20 Å². The minimum absolute atomic E-state index is 0.113. The second-order valence-corrected chi connectivity index (χ2v) is 5.37. The largest absolute Gasteiger partial charge is 0.450 e. The summed E-state index contributed by atoms with van der Waals surface area (Å²) < 4.78 is 13.3. The Morgan fingerprint density at radius 2 is 1.96 bits per heavy atom. The summed E-state index contributed by atoms with van der Waals surface area (Å²) in [6, 6.07) is 9.37. The van der Waals surface area contributed by atoms with Crippen molar-refractivity contribution in [1.29, 1.82) is 0 Å². The van der Waals surface area contributed by atoms with Gasteiger partial charge in [-0.2, -0.15) is 10.1 Å². The fraction of sp³-hybridized carbons (Fsp3) is 0.188. The fourth-order valence-electron chi connectivity index (χ4n) is 2.12. The van der Waals surface area contributed by atoms with E-state index in [-0.39, 0.29) is 5.28 Å². The van der Waals surface area contributed by atoms with E-state index < -0.39 is 0 Å². The zero-order valence-electron chi connectivity index (χ0n) is 12.9. The molecule has 0 atom stereocenters. The Bertz CT molecular complexity index is 780. The Balaban J connectivity index is 1.94. The van der Waals surface area contributed by atoms with Gasteiger partial charge in [-0.05, 0) is 43.1 Å². The number of hydrogen-bond donors (Lipinski definition) is 0. The zero-order chi connectivity index (χ0) is 16.4. The summed E-state index contributed by atoms with van der Waals surface area (Å²) in [5.41, 5.74) is 1.82. The van der Waals surface area contributed by atoms with Gasteiger partial charge in [0.05, 0.1) is 0 Å². The number of aromatic nitrogens is 4. The Kier molecular flexibility index (Phi) is 4.16. The van der Waals surface area contributed by atoms with Crippen LogP contribution in [0.2, 0.25) is 5.28 Å². The quantitative estimate of drug-likeness (QED) is 0.675. The highest BCUT2D eigenvalue weighted by Crippen LogP contribution is 2.36. The number of rotatable bonds is 4. The molecule has 6 nitrogen and oxygen atoms in total. The normalized spacial score (nSPS) is 10.6. The Morgan fingerprint density at radius 1 is 1.13 bits per heavy atom. The Labute approximate surface area is 138 Å². The minimum Gasteiger partial charge on any atom is -0.450 e. The molecule has 0 radical (unpaired) electrons. The molecule has 2 heterocycles. The number of nitrogens with zero attached hydrogens (tertiary/aromatic N) is 4. The van der Waals surface area contributed by atoms with Crippen molar-refractivity contribution in [2.24, 2.45) is 7.05 Å². The summed E-state index contributed by atoms with van der Waals surface area (Å²) in [6.45, 7) is 3.86. The molecule has 1 aromatic carbocycles. The van der Waals surface area contributed by atoms with Crippen LogP contribution in [0.15, 0.2) is 36.5 Å². The lowest BCUT2D eigenvalue weighted by atomic mass is 10.2. The van der Waals surface area contributed by atoms with Crippen molar-refractivity contribution in [3.05, 3.63) is 53.1 Å². The molecular formula is C16H15ClN4O2. The maximum Gasteiger partial charge on any atom is 0.263 e. The number of halogens is 1. The molecule has 0 N–H and O–H groups in total. The first-order valence-corrected chi connectivity index (χ1v) is 7.35. The van der Waals surface area contributed by atoms with Crippen LogP contribution < -0.4 is 9.47 Å². The summed E-state index contributed by atoms with van der Waals surface area (Å²) in [4.78, 5) is 7.85. The lowest BCUT2D eigenvalue weighted by Crippen LogP contribution is -1.98. The minimum atomic E-state index is 0.113. The van der Waals surface area contributed by atoms with Crippen LogP contribution in [0.25, 0.3) is 0 Å². The van der Waals surface area contributed by atoms with Crippen LogP contribution in [-0.2, 0) is 7.05 Å². The first-order valence-electron chi connectivity index (χ1n) is 6.97. The average molecular weight is 331 g/mol. The van der Waals surface area contributed by atoms with Crippen LogP contribution >= 0.6 is 11.6 Å². The Hall–Kier alpha value is -2.60. The molecule has 0 aliphatic carbocycles. The van der Waals surface area contributed by atoms with E-state index in [2.05, 4.69) is 15.1 Å². The summed E-state index contributed by atoms with van der Waals surface area (Å²) in [5.74, 6) is 2.01. The predicted molar refractivity (Wildman–Crippen MR) is 86.3 cm³/mol. The van der Waals surface area contributed by atoms with E-state index in [9.17, 15) is 0 Å². The van der Waals surface area contributed by atoms with Crippen LogP contribution in [0.5, 0.6) is 23.3 Å². The maximum absolute atomic E-state index is 5.96. The molecule has 0 saturated carbocycles. The van der Waals surface area contributed by atoms with Crippen molar-refractivity contribution >= 4 is 11.6 Å². The smallest absolute Gasteiger partial charge is 0.263 e. The number of aryl methyl sites for hydroxylation is 3. The third kappa shape index (κ3) is 3.43. The number of benzene rings is 1. The molecule has 3 aromatic rings. The third-order valence-corrected chi connectivity index (χ3v) is 3.31. The van der Waals surface area contributed by atoms with Gasteiger partial charge in [0, 0.05) is 19.3 Å². The molecule has 0 amide bonds. The van der Waals surface area contributed by atoms with Crippen molar-refractivity contribution < 1.29 is 9.47 Å². The predicted octanol–water partition coefficient (Wildman–Crippen LogP) is 4.06. The first kappa shape index (κ1) is 15.3. The van der Waals surface area contributed by atoms with Gasteiger partial charge in [-0.15, -0.1) is 0 Å². The summed E-state index contributed by atoms with van der Waals surface area (Å²) in [7, 11) is 1.77. The number of ether oxygens (including phenoxy) is 2. The van der Waals surface area contributed by atoms with Crippen LogP contribution in [0.4, 0.5) is 0 Å². The average Bonchev–Trinajstić information content (AvgIpc) is 2.74. The first-order chi connectivity index (χ1) is 11.0. The lowest BCUT2D eigenvalue weighted by molar-refractivity contribution is 0.381. The van der Waals surface area contributed by atoms with E-state index >= 15 is 0 Å². The van der Waals surface area contributed by atoms with Gasteiger partial charge < -0.3 is 9.47 Å². The van der Waals surface area contributed by atoms with E-state index in [1.54, 1.807) is 17.8 Å². The van der Waals surface area contributed by atoms with Gasteiger partial charge in [0.15, 0.2) is 0 Å². The number of hydrogen-bond acceptors (Lipinski definition) is 5. The topological polar surface area (TPSA) is 62.1 Å². The molecule has 0 unspecified atom stereocenters. The van der Waals surface area contributed by atoms with Crippen LogP contribution in [0, 0.1) is 13.8 Å². The van der Waals surface area contributed by atoms with Crippen molar-refractivity contribution in [3.8, 4) is 23.3 Å². The van der Waals surface area contributed by atoms with Gasteiger partial charge in [0.1, 0.15) is 11.4 Å². The molecule has 0 bridgehead atoms. The van der Waals surface area contributed by atoms with E-state index in [1.807, 2.05) is 38.1 Å². The van der Waals surface area contributed by atoms with Gasteiger partial charge in [0.2, 0.25) is 16.9 Å². The van der Waals surface area contributed by atoms with Crippen molar-refractivity contribution in [1.82, 2.24) is 19.7 Å². The second kappa shape index (κ2) is 6.26. The SMILES string of the molecule is Cc1cccc(Oc2c(C)nn(C)c2Oc2ccnc(Cl)n2)c1. The fourth-order valence-corrected chi connectivity index (χ4v) is 2.26. The van der Waals surface area contributed by atoms with Gasteiger partial charge in [-0.25, -0.2) is 9.67 Å². The molecule has 118 valence electrons. The van der Waals surface area contributed by atoms with Crippen LogP contribution in [0.1, 0.15) is 11.3 Å². The zero-order valence-corrected chi connectivity index (χ0v) is 13.7. The van der Waals surface area contributed by atoms with Crippen LogP contribution in [0.3, 0.4) is 0 Å². The van der Waals surface area contributed by atoms with Gasteiger partial charge in [-0.3, -0.25) is 0 Å². The molecule has 0 aliphatic heterocycles. The molecule has 0 fully saturated rings. The molecule has 3 rings (SSSR count).